The van der Waals surface area contributed by atoms with Gasteiger partial charge in [0.2, 0.25) is 0 Å². The van der Waals surface area contributed by atoms with E-state index in [1.54, 1.807) is 0 Å². The van der Waals surface area contributed by atoms with Crippen LogP contribution in [0.4, 0.5) is 5.69 Å². The quantitative estimate of drug-likeness (QED) is 0.697. The van der Waals surface area contributed by atoms with Crippen molar-refractivity contribution in [2.45, 2.75) is 6.92 Å². The number of thioether (sulfide) groups is 1. The molecule has 1 nitrogen and oxygen atoms in total. The molecule has 0 saturated heterocycles. The van der Waals surface area contributed by atoms with Crippen molar-refractivity contribution >= 4 is 33.3 Å². The fourth-order valence-electron chi connectivity index (χ4n) is 2.01. The first-order valence-electron chi connectivity index (χ1n) is 5.14. The monoisotopic (exact) mass is 213 g/mol. The molecule has 0 atom stereocenters. The van der Waals surface area contributed by atoms with Crippen LogP contribution < -0.4 is 0 Å². The molecule has 0 radical (unpaired) electrons. The average Bonchev–Trinajstić information content (AvgIpc) is 2.61. The Labute approximate surface area is 93.2 Å². The Balaban J connectivity index is 2.30. The van der Waals surface area contributed by atoms with Gasteiger partial charge in [-0.05, 0) is 17.2 Å². The molecule has 2 aromatic rings. The average molecular weight is 213 g/mol. The molecule has 0 bridgehead atoms. The Morgan fingerprint density at radius 1 is 1.13 bits per heavy atom. The number of benzene rings is 2. The van der Waals surface area contributed by atoms with Gasteiger partial charge < -0.3 is 0 Å². The lowest BCUT2D eigenvalue weighted by molar-refractivity contribution is 1.54. The number of aliphatic imine (C=N–C) groups is 1. The molecule has 0 N–H and O–H groups in total. The molecular weight excluding hydrogens is 202 g/mol. The molecule has 3 rings (SSSR count). The summed E-state index contributed by atoms with van der Waals surface area (Å²) in [6.45, 7) is 2.16. The first-order valence-corrected chi connectivity index (χ1v) is 6.12. The smallest absolute Gasteiger partial charge is 0.105 e. The second-order valence-corrected chi connectivity index (χ2v) is 4.78. The van der Waals surface area contributed by atoms with Crippen LogP contribution in [0.3, 0.4) is 0 Å². The first-order chi connectivity index (χ1) is 7.40. The summed E-state index contributed by atoms with van der Waals surface area (Å²) < 4.78 is 0. The third-order valence-corrected chi connectivity index (χ3v) is 3.49. The number of hydrogen-bond acceptors (Lipinski definition) is 2. The van der Waals surface area contributed by atoms with E-state index in [4.69, 9.17) is 0 Å². The lowest BCUT2D eigenvalue weighted by Gasteiger charge is -2.01. The summed E-state index contributed by atoms with van der Waals surface area (Å²) in [6, 6.07) is 12.7. The number of rotatable bonds is 1. The van der Waals surface area contributed by atoms with Crippen molar-refractivity contribution in [2.75, 3.05) is 5.75 Å². The van der Waals surface area contributed by atoms with Gasteiger partial charge in [0.05, 0.1) is 5.69 Å². The zero-order valence-electron chi connectivity index (χ0n) is 8.53. The van der Waals surface area contributed by atoms with E-state index in [9.17, 15) is 0 Å². The molecule has 0 aliphatic carbocycles. The van der Waals surface area contributed by atoms with E-state index >= 15 is 0 Å². The summed E-state index contributed by atoms with van der Waals surface area (Å²) in [5.41, 5.74) is 2.43. The predicted octanol–water partition coefficient (Wildman–Crippen LogP) is 3.98. The van der Waals surface area contributed by atoms with Crippen LogP contribution in [0.1, 0.15) is 12.5 Å². The lowest BCUT2D eigenvalue weighted by Crippen LogP contribution is -1.91. The van der Waals surface area contributed by atoms with Crippen LogP contribution >= 0.6 is 11.8 Å². The van der Waals surface area contributed by atoms with Gasteiger partial charge in [0.1, 0.15) is 5.04 Å². The van der Waals surface area contributed by atoms with Gasteiger partial charge in [-0.2, -0.15) is 0 Å². The predicted molar refractivity (Wildman–Crippen MR) is 68.3 cm³/mol. The molecule has 0 aromatic heterocycles. The van der Waals surface area contributed by atoms with Gasteiger partial charge in [-0.25, -0.2) is 4.99 Å². The summed E-state index contributed by atoms with van der Waals surface area (Å²) in [5, 5.41) is 3.78. The summed E-state index contributed by atoms with van der Waals surface area (Å²) in [6.07, 6.45) is 0. The Hall–Kier alpha value is -1.28. The highest BCUT2D eigenvalue weighted by molar-refractivity contribution is 8.14. The minimum Gasteiger partial charge on any atom is -0.241 e. The molecule has 1 heterocycles. The highest BCUT2D eigenvalue weighted by atomic mass is 32.2. The Bertz CT molecular complexity index is 552. The summed E-state index contributed by atoms with van der Waals surface area (Å²) in [7, 11) is 0. The molecule has 1 aliphatic heterocycles. The minimum atomic E-state index is 1.07. The standard InChI is InChI=1S/C13H11NS/c1-2-15-13-10-7-3-5-9-6-4-8-11(14-13)12(9)10/h3-8H,2H2,1H3. The van der Waals surface area contributed by atoms with E-state index in [0.29, 0.717) is 0 Å². The molecular formula is C13H11NS. The van der Waals surface area contributed by atoms with Crippen LogP contribution in [0, 0.1) is 0 Å². The fourth-order valence-corrected chi connectivity index (χ4v) is 2.77. The van der Waals surface area contributed by atoms with E-state index in [1.807, 2.05) is 11.8 Å². The van der Waals surface area contributed by atoms with Gasteiger partial charge in [-0.15, -0.1) is 11.8 Å². The maximum atomic E-state index is 4.67. The molecule has 0 saturated carbocycles. The zero-order chi connectivity index (χ0) is 10.3. The lowest BCUT2D eigenvalue weighted by atomic mass is 10.1. The van der Waals surface area contributed by atoms with Gasteiger partial charge in [-0.3, -0.25) is 0 Å². The Kier molecular flexibility index (Phi) is 2.03. The Morgan fingerprint density at radius 3 is 2.73 bits per heavy atom. The van der Waals surface area contributed by atoms with Gasteiger partial charge in [0.25, 0.3) is 0 Å². The van der Waals surface area contributed by atoms with E-state index in [0.717, 1.165) is 11.4 Å². The van der Waals surface area contributed by atoms with Gasteiger partial charge in [-0.1, -0.05) is 37.3 Å². The van der Waals surface area contributed by atoms with E-state index in [-0.39, 0.29) is 0 Å². The van der Waals surface area contributed by atoms with Crippen LogP contribution in [-0.4, -0.2) is 10.8 Å². The van der Waals surface area contributed by atoms with Gasteiger partial charge >= 0.3 is 0 Å². The van der Waals surface area contributed by atoms with Gasteiger partial charge in [0.15, 0.2) is 0 Å². The van der Waals surface area contributed by atoms with E-state index in [2.05, 4.69) is 48.3 Å². The molecule has 0 amide bonds. The summed E-state index contributed by atoms with van der Waals surface area (Å²) in [4.78, 5) is 4.67. The third kappa shape index (κ3) is 1.29. The maximum absolute atomic E-state index is 4.67. The van der Waals surface area contributed by atoms with Gasteiger partial charge in [0, 0.05) is 10.9 Å². The normalized spacial score (nSPS) is 13.3. The van der Waals surface area contributed by atoms with Crippen LogP contribution in [0.25, 0.3) is 10.8 Å². The van der Waals surface area contributed by atoms with Crippen molar-refractivity contribution in [2.24, 2.45) is 4.99 Å². The second kappa shape index (κ2) is 3.38. The molecule has 0 unspecified atom stereocenters. The second-order valence-electron chi connectivity index (χ2n) is 3.53. The van der Waals surface area contributed by atoms with Crippen LogP contribution in [0.5, 0.6) is 0 Å². The molecule has 0 fully saturated rings. The van der Waals surface area contributed by atoms with Crippen molar-refractivity contribution in [3.63, 3.8) is 0 Å². The summed E-state index contributed by atoms with van der Waals surface area (Å²) >= 11 is 1.82. The maximum Gasteiger partial charge on any atom is 0.105 e. The molecule has 74 valence electrons. The highest BCUT2D eigenvalue weighted by Crippen LogP contribution is 2.37. The summed E-state index contributed by atoms with van der Waals surface area (Å²) in [5.74, 6) is 1.07. The number of hydrogen-bond donors (Lipinski definition) is 0. The minimum absolute atomic E-state index is 1.07. The van der Waals surface area contributed by atoms with Crippen LogP contribution in [-0.2, 0) is 0 Å². The molecule has 15 heavy (non-hydrogen) atoms. The fraction of sp³-hybridized carbons (Fsp3) is 0.154. The zero-order valence-corrected chi connectivity index (χ0v) is 9.34. The van der Waals surface area contributed by atoms with Crippen molar-refractivity contribution in [1.29, 1.82) is 0 Å². The SMILES string of the molecule is CCSC1=Nc2cccc3cccc1c23. The van der Waals surface area contributed by atoms with E-state index in [1.165, 1.54) is 21.4 Å². The van der Waals surface area contributed by atoms with Crippen molar-refractivity contribution in [3.8, 4) is 0 Å². The van der Waals surface area contributed by atoms with Crippen LogP contribution in [0.2, 0.25) is 0 Å². The number of nitrogens with zero attached hydrogens (tertiary/aromatic N) is 1. The topological polar surface area (TPSA) is 12.4 Å². The highest BCUT2D eigenvalue weighted by Gasteiger charge is 2.17. The largest absolute Gasteiger partial charge is 0.241 e. The van der Waals surface area contributed by atoms with Crippen molar-refractivity contribution < 1.29 is 0 Å². The van der Waals surface area contributed by atoms with E-state index < -0.39 is 0 Å². The van der Waals surface area contributed by atoms with Crippen LogP contribution in [0.15, 0.2) is 41.4 Å². The molecule has 0 spiro atoms. The van der Waals surface area contributed by atoms with Crippen molar-refractivity contribution in [3.05, 3.63) is 42.0 Å². The molecule has 2 heteroatoms. The first kappa shape index (κ1) is 8.98. The van der Waals surface area contributed by atoms with Crippen molar-refractivity contribution in [1.82, 2.24) is 0 Å². The third-order valence-electron chi connectivity index (χ3n) is 2.62. The Morgan fingerprint density at radius 2 is 1.93 bits per heavy atom. The molecule has 1 aliphatic rings. The molecule has 2 aromatic carbocycles.